The quantitative estimate of drug-likeness (QED) is 0.651. The molecule has 3 rings (SSSR count). The van der Waals surface area contributed by atoms with E-state index in [9.17, 15) is 0 Å². The highest BCUT2D eigenvalue weighted by molar-refractivity contribution is 5.12. The van der Waals surface area contributed by atoms with E-state index in [2.05, 4.69) is 27.7 Å². The fraction of sp³-hybridized carbons (Fsp3) is 1.00. The molecular weight excluding hydrogens is 196 g/mol. The van der Waals surface area contributed by atoms with Gasteiger partial charge in [0, 0.05) is 5.41 Å². The van der Waals surface area contributed by atoms with Gasteiger partial charge in [-0.05, 0) is 56.8 Å². The third kappa shape index (κ3) is 1.27. The minimum absolute atomic E-state index is 0.218. The first-order valence-corrected chi connectivity index (χ1v) is 7.15. The van der Waals surface area contributed by atoms with Crippen LogP contribution in [-0.2, 0) is 4.74 Å². The molecule has 1 aliphatic heterocycles. The Morgan fingerprint density at radius 3 is 2.62 bits per heavy atom. The molecule has 3 fully saturated rings. The molecule has 0 amide bonds. The lowest BCUT2D eigenvalue weighted by Crippen LogP contribution is -2.40. The SMILES string of the molecule is CC1CCC23CC(C)(CCC12)O[C@@H]3C(C)C. The molecule has 0 radical (unpaired) electrons. The zero-order valence-electron chi connectivity index (χ0n) is 11.3. The second-order valence-corrected chi connectivity index (χ2v) is 7.30. The summed E-state index contributed by atoms with van der Waals surface area (Å²) in [6, 6.07) is 0. The first kappa shape index (κ1) is 11.1. The minimum Gasteiger partial charge on any atom is -0.371 e. The van der Waals surface area contributed by atoms with Crippen LogP contribution in [0.3, 0.4) is 0 Å². The van der Waals surface area contributed by atoms with Crippen LogP contribution in [0, 0.1) is 23.2 Å². The number of hydrogen-bond acceptors (Lipinski definition) is 1. The topological polar surface area (TPSA) is 9.23 Å². The van der Waals surface area contributed by atoms with E-state index >= 15 is 0 Å². The van der Waals surface area contributed by atoms with Gasteiger partial charge in [-0.3, -0.25) is 0 Å². The molecule has 0 aromatic heterocycles. The average Bonchev–Trinajstić information content (AvgIpc) is 2.64. The van der Waals surface area contributed by atoms with Crippen LogP contribution >= 0.6 is 0 Å². The van der Waals surface area contributed by atoms with Crippen molar-refractivity contribution >= 4 is 0 Å². The van der Waals surface area contributed by atoms with Crippen LogP contribution in [0.25, 0.3) is 0 Å². The molecule has 2 aliphatic carbocycles. The van der Waals surface area contributed by atoms with E-state index in [1.165, 1.54) is 32.1 Å². The summed E-state index contributed by atoms with van der Waals surface area (Å²) in [6.07, 6.45) is 7.46. The molecule has 1 spiro atoms. The number of rotatable bonds is 1. The van der Waals surface area contributed by atoms with E-state index in [0.717, 1.165) is 11.8 Å². The molecule has 1 saturated heterocycles. The molecule has 2 saturated carbocycles. The van der Waals surface area contributed by atoms with Crippen molar-refractivity contribution in [3.8, 4) is 0 Å². The van der Waals surface area contributed by atoms with Gasteiger partial charge in [0.05, 0.1) is 11.7 Å². The third-order valence-corrected chi connectivity index (χ3v) is 5.76. The summed E-state index contributed by atoms with van der Waals surface area (Å²) in [6.45, 7) is 9.53. The summed E-state index contributed by atoms with van der Waals surface area (Å²) >= 11 is 0. The molecule has 0 aromatic rings. The number of fused-ring (bicyclic) bond motifs is 1. The van der Waals surface area contributed by atoms with Gasteiger partial charge < -0.3 is 4.74 Å². The van der Waals surface area contributed by atoms with Crippen LogP contribution in [0.1, 0.15) is 59.8 Å². The monoisotopic (exact) mass is 222 g/mol. The van der Waals surface area contributed by atoms with Crippen LogP contribution in [-0.4, -0.2) is 11.7 Å². The van der Waals surface area contributed by atoms with Gasteiger partial charge in [-0.1, -0.05) is 20.8 Å². The molecule has 5 atom stereocenters. The Morgan fingerprint density at radius 2 is 1.94 bits per heavy atom. The normalized spacial score (nSPS) is 55.7. The van der Waals surface area contributed by atoms with Crippen molar-refractivity contribution in [2.75, 3.05) is 0 Å². The van der Waals surface area contributed by atoms with Crippen LogP contribution in [0.5, 0.6) is 0 Å². The van der Waals surface area contributed by atoms with Gasteiger partial charge in [0.25, 0.3) is 0 Å². The summed E-state index contributed by atoms with van der Waals surface area (Å²) in [5.41, 5.74) is 0.774. The van der Waals surface area contributed by atoms with Crippen LogP contribution < -0.4 is 0 Å². The van der Waals surface area contributed by atoms with Crippen molar-refractivity contribution in [3.05, 3.63) is 0 Å². The van der Waals surface area contributed by atoms with Crippen molar-refractivity contribution in [2.45, 2.75) is 71.5 Å². The highest BCUT2D eigenvalue weighted by Crippen LogP contribution is 2.65. The standard InChI is InChI=1S/C15H26O/c1-10(2)13-15-8-5-11(3)12(15)6-7-14(4,9-15)16-13/h10-13H,5-9H2,1-4H3/t11?,12?,13-,14?,15?/m1/s1. The van der Waals surface area contributed by atoms with Gasteiger partial charge in [-0.15, -0.1) is 0 Å². The van der Waals surface area contributed by atoms with Gasteiger partial charge in [0.1, 0.15) is 0 Å². The summed E-state index contributed by atoms with van der Waals surface area (Å²) < 4.78 is 6.49. The Labute approximate surface area is 99.9 Å². The van der Waals surface area contributed by atoms with Crippen LogP contribution in [0.2, 0.25) is 0 Å². The maximum Gasteiger partial charge on any atom is 0.0665 e. The zero-order chi connectivity index (χ0) is 11.6. The fourth-order valence-electron chi connectivity index (χ4n) is 5.26. The van der Waals surface area contributed by atoms with Crippen molar-refractivity contribution in [3.63, 3.8) is 0 Å². The molecule has 3 aliphatic rings. The van der Waals surface area contributed by atoms with Crippen LogP contribution in [0.15, 0.2) is 0 Å². The van der Waals surface area contributed by atoms with Crippen molar-refractivity contribution in [1.29, 1.82) is 0 Å². The third-order valence-electron chi connectivity index (χ3n) is 5.76. The molecular formula is C15H26O. The maximum atomic E-state index is 6.49. The van der Waals surface area contributed by atoms with E-state index in [1.54, 1.807) is 0 Å². The van der Waals surface area contributed by atoms with Gasteiger partial charge in [0.15, 0.2) is 0 Å². The van der Waals surface area contributed by atoms with Gasteiger partial charge in [0.2, 0.25) is 0 Å². The molecule has 0 aromatic carbocycles. The van der Waals surface area contributed by atoms with Gasteiger partial charge in [-0.2, -0.15) is 0 Å². The Hall–Kier alpha value is -0.0400. The largest absolute Gasteiger partial charge is 0.371 e. The van der Waals surface area contributed by atoms with E-state index in [4.69, 9.17) is 4.74 Å². The number of ether oxygens (including phenoxy) is 1. The zero-order valence-corrected chi connectivity index (χ0v) is 11.3. The number of hydrogen-bond donors (Lipinski definition) is 0. The molecule has 16 heavy (non-hydrogen) atoms. The molecule has 1 nitrogen and oxygen atoms in total. The van der Waals surface area contributed by atoms with E-state index in [0.29, 0.717) is 17.4 Å². The van der Waals surface area contributed by atoms with Crippen molar-refractivity contribution in [1.82, 2.24) is 0 Å². The lowest BCUT2D eigenvalue weighted by Gasteiger charge is -2.41. The first-order chi connectivity index (χ1) is 7.47. The molecule has 92 valence electrons. The lowest BCUT2D eigenvalue weighted by molar-refractivity contribution is -0.0575. The minimum atomic E-state index is 0.218. The summed E-state index contributed by atoms with van der Waals surface area (Å²) in [4.78, 5) is 0. The molecule has 0 N–H and O–H groups in total. The Morgan fingerprint density at radius 1 is 1.19 bits per heavy atom. The van der Waals surface area contributed by atoms with Crippen molar-refractivity contribution < 1.29 is 4.74 Å². The Kier molecular flexibility index (Phi) is 2.25. The van der Waals surface area contributed by atoms with E-state index < -0.39 is 0 Å². The fourth-order valence-corrected chi connectivity index (χ4v) is 5.26. The van der Waals surface area contributed by atoms with Crippen molar-refractivity contribution in [2.24, 2.45) is 23.2 Å². The van der Waals surface area contributed by atoms with E-state index in [1.807, 2.05) is 0 Å². The highest BCUT2D eigenvalue weighted by Gasteiger charge is 2.63. The van der Waals surface area contributed by atoms with Crippen LogP contribution in [0.4, 0.5) is 0 Å². The summed E-state index contributed by atoms with van der Waals surface area (Å²) in [7, 11) is 0. The predicted molar refractivity (Wildman–Crippen MR) is 66.3 cm³/mol. The first-order valence-electron chi connectivity index (χ1n) is 7.15. The second-order valence-electron chi connectivity index (χ2n) is 7.30. The second kappa shape index (κ2) is 3.25. The molecule has 1 heteroatoms. The summed E-state index contributed by atoms with van der Waals surface area (Å²) in [5, 5.41) is 0. The van der Waals surface area contributed by atoms with Gasteiger partial charge in [-0.25, -0.2) is 0 Å². The molecule has 4 unspecified atom stereocenters. The highest BCUT2D eigenvalue weighted by atomic mass is 16.5. The Balaban J connectivity index is 1.99. The molecule has 1 heterocycles. The predicted octanol–water partition coefficient (Wildman–Crippen LogP) is 4.02. The maximum absolute atomic E-state index is 6.49. The summed E-state index contributed by atoms with van der Waals surface area (Å²) in [5.74, 6) is 2.58. The lowest BCUT2D eigenvalue weighted by atomic mass is 9.60. The smallest absolute Gasteiger partial charge is 0.0665 e. The van der Waals surface area contributed by atoms with E-state index in [-0.39, 0.29) is 5.60 Å². The van der Waals surface area contributed by atoms with Gasteiger partial charge >= 0.3 is 0 Å². The average molecular weight is 222 g/mol. The molecule has 2 bridgehead atoms. The Bertz CT molecular complexity index is 298.